The molecular formula is C9H20ClNO3S. The molecule has 0 aliphatic carbocycles. The van der Waals surface area contributed by atoms with E-state index in [1.807, 2.05) is 13.8 Å². The molecule has 0 aliphatic rings. The lowest BCUT2D eigenvalue weighted by Crippen LogP contribution is -2.30. The van der Waals surface area contributed by atoms with Gasteiger partial charge in [0, 0.05) is 19.0 Å². The second-order valence-corrected chi connectivity index (χ2v) is 6.03. The highest BCUT2D eigenvalue weighted by molar-refractivity contribution is 7.89. The van der Waals surface area contributed by atoms with Crippen molar-refractivity contribution in [1.29, 1.82) is 0 Å². The van der Waals surface area contributed by atoms with Gasteiger partial charge in [-0.05, 0) is 12.3 Å². The Bertz CT molecular complexity index is 242. The van der Waals surface area contributed by atoms with Crippen LogP contribution in [-0.4, -0.2) is 39.8 Å². The summed E-state index contributed by atoms with van der Waals surface area (Å²) in [5.74, 6) is 0.920. The molecule has 0 aliphatic heterocycles. The number of alkyl halides is 1. The van der Waals surface area contributed by atoms with Crippen LogP contribution in [0.3, 0.4) is 0 Å². The van der Waals surface area contributed by atoms with Gasteiger partial charge in [0.2, 0.25) is 10.0 Å². The van der Waals surface area contributed by atoms with Gasteiger partial charge < -0.3 is 4.74 Å². The minimum Gasteiger partial charge on any atom is -0.380 e. The average molecular weight is 258 g/mol. The number of hydrogen-bond donors (Lipinski definition) is 1. The van der Waals surface area contributed by atoms with E-state index in [2.05, 4.69) is 4.72 Å². The summed E-state index contributed by atoms with van der Waals surface area (Å²) in [6.45, 7) is 5.49. The Morgan fingerprint density at radius 1 is 1.40 bits per heavy atom. The predicted octanol–water partition coefficient (Wildman–Crippen LogP) is 1.21. The van der Waals surface area contributed by atoms with Crippen molar-refractivity contribution in [2.75, 3.05) is 31.4 Å². The van der Waals surface area contributed by atoms with Crippen molar-refractivity contribution < 1.29 is 13.2 Å². The molecule has 0 heterocycles. The number of ether oxygens (including phenoxy) is 1. The summed E-state index contributed by atoms with van der Waals surface area (Å²) >= 11 is 5.41. The van der Waals surface area contributed by atoms with Gasteiger partial charge in [-0.1, -0.05) is 13.8 Å². The summed E-state index contributed by atoms with van der Waals surface area (Å²) in [6, 6.07) is 0. The van der Waals surface area contributed by atoms with E-state index in [9.17, 15) is 8.42 Å². The monoisotopic (exact) mass is 257 g/mol. The largest absolute Gasteiger partial charge is 0.380 e. The van der Waals surface area contributed by atoms with Gasteiger partial charge in [0.25, 0.3) is 0 Å². The summed E-state index contributed by atoms with van der Waals surface area (Å²) in [5, 5.41) is 0. The molecule has 0 saturated carbocycles. The Morgan fingerprint density at radius 3 is 2.60 bits per heavy atom. The van der Waals surface area contributed by atoms with Crippen molar-refractivity contribution in [3.05, 3.63) is 0 Å². The summed E-state index contributed by atoms with van der Waals surface area (Å²) in [5.41, 5.74) is 0. The summed E-state index contributed by atoms with van der Waals surface area (Å²) in [7, 11) is -3.16. The lowest BCUT2D eigenvalue weighted by molar-refractivity contribution is 0.114. The van der Waals surface area contributed by atoms with Gasteiger partial charge in [-0.25, -0.2) is 13.1 Å². The van der Waals surface area contributed by atoms with Crippen molar-refractivity contribution in [2.45, 2.75) is 20.3 Å². The Morgan fingerprint density at radius 2 is 2.07 bits per heavy atom. The van der Waals surface area contributed by atoms with Gasteiger partial charge in [0.05, 0.1) is 12.4 Å². The highest BCUT2D eigenvalue weighted by Crippen LogP contribution is 1.93. The van der Waals surface area contributed by atoms with Crippen LogP contribution in [0.2, 0.25) is 0 Å². The molecule has 0 amide bonds. The standard InChI is InChI=1S/C9H20ClNO3S/c1-9(2)8-14-6-5-11-15(12,13)7-3-4-10/h9,11H,3-8H2,1-2H3. The molecule has 0 saturated heterocycles. The Labute approximate surface area is 97.4 Å². The van der Waals surface area contributed by atoms with E-state index < -0.39 is 10.0 Å². The molecule has 0 aromatic rings. The molecule has 1 N–H and O–H groups in total. The van der Waals surface area contributed by atoms with Crippen LogP contribution in [0, 0.1) is 5.92 Å². The van der Waals surface area contributed by atoms with Crippen LogP contribution >= 0.6 is 11.6 Å². The normalized spacial score (nSPS) is 12.3. The van der Waals surface area contributed by atoms with E-state index in [1.165, 1.54) is 0 Å². The van der Waals surface area contributed by atoms with Gasteiger partial charge in [-0.2, -0.15) is 0 Å². The third-order valence-electron chi connectivity index (χ3n) is 1.57. The van der Waals surface area contributed by atoms with Crippen molar-refractivity contribution >= 4 is 21.6 Å². The van der Waals surface area contributed by atoms with Gasteiger partial charge >= 0.3 is 0 Å². The third kappa shape index (κ3) is 10.4. The summed E-state index contributed by atoms with van der Waals surface area (Å²) < 4.78 is 30.2. The average Bonchev–Trinajstić information content (AvgIpc) is 2.14. The van der Waals surface area contributed by atoms with E-state index >= 15 is 0 Å². The predicted molar refractivity (Wildman–Crippen MR) is 62.8 cm³/mol. The van der Waals surface area contributed by atoms with Crippen LogP contribution in [0.15, 0.2) is 0 Å². The van der Waals surface area contributed by atoms with E-state index in [-0.39, 0.29) is 5.75 Å². The van der Waals surface area contributed by atoms with Crippen molar-refractivity contribution in [1.82, 2.24) is 4.72 Å². The molecule has 15 heavy (non-hydrogen) atoms. The quantitative estimate of drug-likeness (QED) is 0.499. The fourth-order valence-corrected chi connectivity index (χ4v) is 2.26. The number of nitrogens with one attached hydrogen (secondary N) is 1. The molecule has 0 bridgehead atoms. The summed E-state index contributed by atoms with van der Waals surface area (Å²) in [6.07, 6.45) is 0.476. The van der Waals surface area contributed by atoms with Gasteiger partial charge in [-0.3, -0.25) is 0 Å². The maximum absolute atomic E-state index is 11.3. The topological polar surface area (TPSA) is 55.4 Å². The molecule has 92 valence electrons. The van der Waals surface area contributed by atoms with Crippen LogP contribution in [0.1, 0.15) is 20.3 Å². The van der Waals surface area contributed by atoms with Crippen LogP contribution in [0.25, 0.3) is 0 Å². The molecular weight excluding hydrogens is 238 g/mol. The van der Waals surface area contributed by atoms with Crippen molar-refractivity contribution in [3.63, 3.8) is 0 Å². The zero-order chi connectivity index (χ0) is 11.7. The minimum absolute atomic E-state index is 0.0840. The van der Waals surface area contributed by atoms with Gasteiger partial charge in [0.15, 0.2) is 0 Å². The highest BCUT2D eigenvalue weighted by Gasteiger charge is 2.08. The molecule has 0 spiro atoms. The number of sulfonamides is 1. The zero-order valence-electron chi connectivity index (χ0n) is 9.33. The van der Waals surface area contributed by atoms with E-state index in [4.69, 9.17) is 16.3 Å². The molecule has 0 fully saturated rings. The highest BCUT2D eigenvalue weighted by atomic mass is 35.5. The van der Waals surface area contributed by atoms with Crippen LogP contribution in [-0.2, 0) is 14.8 Å². The molecule has 6 heteroatoms. The fraction of sp³-hybridized carbons (Fsp3) is 1.00. The van der Waals surface area contributed by atoms with Crippen LogP contribution < -0.4 is 4.72 Å². The van der Waals surface area contributed by atoms with E-state index in [1.54, 1.807) is 0 Å². The van der Waals surface area contributed by atoms with Crippen LogP contribution in [0.4, 0.5) is 0 Å². The smallest absolute Gasteiger partial charge is 0.211 e. The first-order valence-corrected chi connectivity index (χ1v) is 7.27. The lowest BCUT2D eigenvalue weighted by Gasteiger charge is -2.08. The first-order chi connectivity index (χ1) is 6.98. The van der Waals surface area contributed by atoms with Gasteiger partial charge in [-0.15, -0.1) is 11.6 Å². The SMILES string of the molecule is CC(C)COCCNS(=O)(=O)CCCCl. The second-order valence-electron chi connectivity index (χ2n) is 3.72. The summed E-state index contributed by atoms with van der Waals surface area (Å²) in [4.78, 5) is 0. The second kappa shape index (κ2) is 8.33. The molecule has 0 atom stereocenters. The van der Waals surface area contributed by atoms with Crippen molar-refractivity contribution in [2.24, 2.45) is 5.92 Å². The fourth-order valence-electron chi connectivity index (χ4n) is 0.905. The molecule has 0 aromatic heterocycles. The van der Waals surface area contributed by atoms with Crippen LogP contribution in [0.5, 0.6) is 0 Å². The number of rotatable bonds is 9. The molecule has 0 unspecified atom stereocenters. The molecule has 4 nitrogen and oxygen atoms in total. The molecule has 0 rings (SSSR count). The Kier molecular flexibility index (Phi) is 8.42. The molecule has 0 radical (unpaired) electrons. The lowest BCUT2D eigenvalue weighted by atomic mass is 10.2. The van der Waals surface area contributed by atoms with E-state index in [0.29, 0.717) is 38.0 Å². The van der Waals surface area contributed by atoms with Crippen molar-refractivity contribution in [3.8, 4) is 0 Å². The van der Waals surface area contributed by atoms with Gasteiger partial charge in [0.1, 0.15) is 0 Å². The maximum Gasteiger partial charge on any atom is 0.211 e. The Hall–Kier alpha value is 0.160. The number of halogens is 1. The first kappa shape index (κ1) is 15.2. The first-order valence-electron chi connectivity index (χ1n) is 5.09. The zero-order valence-corrected chi connectivity index (χ0v) is 10.9. The molecule has 0 aromatic carbocycles. The van der Waals surface area contributed by atoms with E-state index in [0.717, 1.165) is 0 Å². The third-order valence-corrected chi connectivity index (χ3v) is 3.30. The Balaban J connectivity index is 3.49. The maximum atomic E-state index is 11.3. The number of hydrogen-bond acceptors (Lipinski definition) is 3. The minimum atomic E-state index is -3.16.